The first kappa shape index (κ1) is 51.2. The van der Waals surface area contributed by atoms with Crippen LogP contribution in [0.25, 0.3) is 0 Å². The predicted octanol–water partition coefficient (Wildman–Crippen LogP) is 7.78. The second-order valence-electron chi connectivity index (χ2n) is 19.4. The molecular formula is C46H62N4O13. The summed E-state index contributed by atoms with van der Waals surface area (Å²) in [5.41, 5.74) is -1.62. The topological polar surface area (TPSA) is 211 Å². The maximum Gasteiger partial charge on any atom is 0.411 e. The van der Waals surface area contributed by atoms with Gasteiger partial charge in [0.2, 0.25) is 11.6 Å². The van der Waals surface area contributed by atoms with E-state index >= 15 is 0 Å². The highest BCUT2D eigenvalue weighted by molar-refractivity contribution is 6.46. The van der Waals surface area contributed by atoms with Gasteiger partial charge in [-0.3, -0.25) is 29.5 Å². The Kier molecular flexibility index (Phi) is 16.6. The molecule has 2 amide bonds. The van der Waals surface area contributed by atoms with Gasteiger partial charge < -0.3 is 23.8 Å². The van der Waals surface area contributed by atoms with Crippen molar-refractivity contribution in [2.75, 3.05) is 19.6 Å². The van der Waals surface area contributed by atoms with Crippen molar-refractivity contribution in [2.24, 2.45) is 5.16 Å². The number of nitrogens with zero attached hydrogens (tertiary/aromatic N) is 4. The Bertz CT molecular complexity index is 1970. The molecule has 3 atom stereocenters. The van der Waals surface area contributed by atoms with Gasteiger partial charge in [-0.2, -0.15) is 0 Å². The maximum absolute atomic E-state index is 12.9. The molecule has 0 unspecified atom stereocenters. The zero-order chi connectivity index (χ0) is 47.7. The van der Waals surface area contributed by atoms with E-state index in [-0.39, 0.29) is 30.9 Å². The standard InChI is InChI=1S/C23H30N2O6.C15H25NO4.C8H7NO3/c1-21(2,3)29-19(27)17-13-23(14-25(17)20(28)30-22(4,5)6)12-16(24-31-23)18(26)15-10-8-7-9-11-15;1-10-8-11(12(17)19-14(2,3)4)16(9-10)13(18)20-15(5,6)7;10-8(6-9(11)12)7-4-2-1-3-5-7/h7-11,17H,12-14H2,1-6H3;11H,1,8-9H2,2-7H3;1-5H,6H2/t17-,23+;11-;/m00./s1. The van der Waals surface area contributed by atoms with Gasteiger partial charge in [-0.1, -0.05) is 78.0 Å². The van der Waals surface area contributed by atoms with Gasteiger partial charge in [0.25, 0.3) is 6.54 Å². The molecule has 0 aliphatic carbocycles. The smallest absolute Gasteiger partial charge is 0.411 e. The molecule has 0 N–H and O–H groups in total. The third-order valence-corrected chi connectivity index (χ3v) is 8.77. The molecule has 17 heteroatoms. The Morgan fingerprint density at radius 1 is 0.714 bits per heavy atom. The molecule has 0 aromatic heterocycles. The van der Waals surface area contributed by atoms with Crippen LogP contribution in [0.1, 0.15) is 123 Å². The Labute approximate surface area is 369 Å². The SMILES string of the molecule is C=C1C[C@@H](C(=O)OC(C)(C)C)N(C(=O)OC(C)(C)C)C1.CC(C)(C)OC(=O)[C@@H]1C[C@]2(CC(C(=O)c3ccccc3)=NO2)CN1C(=O)OC(C)(C)C.O=C(C[N+](=O)[O-])c1ccccc1. The Morgan fingerprint density at radius 3 is 1.62 bits per heavy atom. The summed E-state index contributed by atoms with van der Waals surface area (Å²) in [6.45, 7) is 24.9. The average Bonchev–Trinajstić information content (AvgIpc) is 3.86. The van der Waals surface area contributed by atoms with Gasteiger partial charge >= 0.3 is 24.1 Å². The number of Topliss-reactive ketones (excluding diaryl/α,β-unsaturated/α-hetero) is 2. The number of rotatable bonds is 7. The fraction of sp³-hybridized carbons (Fsp3) is 0.543. The molecule has 0 radical (unpaired) electrons. The summed E-state index contributed by atoms with van der Waals surface area (Å²) < 4.78 is 21.7. The summed E-state index contributed by atoms with van der Waals surface area (Å²) in [6.07, 6.45) is -0.359. The lowest BCUT2D eigenvalue weighted by molar-refractivity contribution is -0.465. The Balaban J connectivity index is 0.000000281. The average molecular weight is 879 g/mol. The van der Waals surface area contributed by atoms with Gasteiger partial charge in [0.05, 0.1) is 6.54 Å². The van der Waals surface area contributed by atoms with Crippen LogP contribution in [0.3, 0.4) is 0 Å². The molecule has 17 nitrogen and oxygen atoms in total. The van der Waals surface area contributed by atoms with Crippen LogP contribution < -0.4 is 0 Å². The third kappa shape index (κ3) is 16.6. The molecule has 2 aromatic carbocycles. The van der Waals surface area contributed by atoms with Crippen LogP contribution in [0.2, 0.25) is 0 Å². The number of nitro groups is 1. The van der Waals surface area contributed by atoms with Gasteiger partial charge in [0, 0.05) is 41.9 Å². The van der Waals surface area contributed by atoms with E-state index < -0.39 is 81.5 Å². The van der Waals surface area contributed by atoms with E-state index in [9.17, 15) is 38.9 Å². The van der Waals surface area contributed by atoms with E-state index in [1.807, 2.05) is 6.07 Å². The lowest BCUT2D eigenvalue weighted by atomic mass is 9.91. The zero-order valence-corrected chi connectivity index (χ0v) is 38.5. The first-order valence-corrected chi connectivity index (χ1v) is 20.5. The molecule has 3 aliphatic heterocycles. The number of amides is 2. The molecule has 2 fully saturated rings. The van der Waals surface area contributed by atoms with E-state index in [1.165, 1.54) is 9.80 Å². The number of likely N-dealkylation sites (tertiary alicyclic amines) is 2. The minimum Gasteiger partial charge on any atom is -0.458 e. The summed E-state index contributed by atoms with van der Waals surface area (Å²) in [5, 5.41) is 14.0. The van der Waals surface area contributed by atoms with Crippen molar-refractivity contribution in [3.63, 3.8) is 0 Å². The lowest BCUT2D eigenvalue weighted by Crippen LogP contribution is -2.46. The third-order valence-electron chi connectivity index (χ3n) is 8.77. The van der Waals surface area contributed by atoms with Gasteiger partial charge in [-0.15, -0.1) is 0 Å². The Hall–Kier alpha value is -6.13. The van der Waals surface area contributed by atoms with E-state index in [0.29, 0.717) is 24.1 Å². The predicted molar refractivity (Wildman–Crippen MR) is 233 cm³/mol. The molecule has 2 aromatic rings. The largest absolute Gasteiger partial charge is 0.458 e. The highest BCUT2D eigenvalue weighted by atomic mass is 16.7. The summed E-state index contributed by atoms with van der Waals surface area (Å²) in [7, 11) is 0. The molecular weight excluding hydrogens is 817 g/mol. The van der Waals surface area contributed by atoms with Crippen LogP contribution in [0.15, 0.2) is 78.0 Å². The van der Waals surface area contributed by atoms with Crippen LogP contribution in [-0.2, 0) is 33.4 Å². The van der Waals surface area contributed by atoms with Crippen molar-refractivity contribution < 1.29 is 57.5 Å². The number of hydrogen-bond donors (Lipinski definition) is 0. The quantitative estimate of drug-likeness (QED) is 0.0650. The molecule has 5 rings (SSSR count). The van der Waals surface area contributed by atoms with Gasteiger partial charge in [-0.05, 0) is 83.1 Å². The van der Waals surface area contributed by atoms with Crippen LogP contribution in [0.5, 0.6) is 0 Å². The number of carbonyl (C=O) groups excluding carboxylic acids is 6. The first-order valence-electron chi connectivity index (χ1n) is 20.5. The van der Waals surface area contributed by atoms with Crippen LogP contribution >= 0.6 is 0 Å². The minimum absolute atomic E-state index is 0.0703. The van der Waals surface area contributed by atoms with Gasteiger partial charge in [0.1, 0.15) is 40.2 Å². The number of ketones is 2. The number of oxime groups is 1. The van der Waals surface area contributed by atoms with Gasteiger partial charge in [0.15, 0.2) is 5.60 Å². The molecule has 63 heavy (non-hydrogen) atoms. The van der Waals surface area contributed by atoms with E-state index in [1.54, 1.807) is 138 Å². The molecule has 3 aliphatic rings. The monoisotopic (exact) mass is 878 g/mol. The van der Waals surface area contributed by atoms with Crippen molar-refractivity contribution >= 4 is 41.4 Å². The van der Waals surface area contributed by atoms with Gasteiger partial charge in [-0.25, -0.2) is 19.2 Å². The fourth-order valence-corrected chi connectivity index (χ4v) is 6.36. The number of carbonyl (C=O) groups is 6. The lowest BCUT2D eigenvalue weighted by Gasteiger charge is -2.29. The summed E-state index contributed by atoms with van der Waals surface area (Å²) >= 11 is 0. The zero-order valence-electron chi connectivity index (χ0n) is 38.5. The normalized spacial score (nSPS) is 19.6. The van der Waals surface area contributed by atoms with E-state index in [4.69, 9.17) is 23.8 Å². The Morgan fingerprint density at radius 2 is 1.16 bits per heavy atom. The van der Waals surface area contributed by atoms with Crippen molar-refractivity contribution in [1.29, 1.82) is 0 Å². The number of hydrogen-bond acceptors (Lipinski definition) is 14. The van der Waals surface area contributed by atoms with E-state index in [2.05, 4.69) is 11.7 Å². The molecule has 2 saturated heterocycles. The number of esters is 2. The molecule has 0 bridgehead atoms. The second kappa shape index (κ2) is 20.4. The number of benzene rings is 2. The van der Waals surface area contributed by atoms with Crippen molar-refractivity contribution in [1.82, 2.24) is 9.80 Å². The minimum atomic E-state index is -0.974. The van der Waals surface area contributed by atoms with Crippen molar-refractivity contribution in [2.45, 2.75) is 142 Å². The molecule has 0 saturated carbocycles. The highest BCUT2D eigenvalue weighted by Gasteiger charge is 2.56. The molecule has 3 heterocycles. The highest BCUT2D eigenvalue weighted by Crippen LogP contribution is 2.39. The summed E-state index contributed by atoms with van der Waals surface area (Å²) in [4.78, 5) is 91.6. The van der Waals surface area contributed by atoms with Crippen LogP contribution in [-0.4, -0.2) is 116 Å². The number of ether oxygens (including phenoxy) is 4. The van der Waals surface area contributed by atoms with Crippen molar-refractivity contribution in [3.05, 3.63) is 94.1 Å². The molecule has 344 valence electrons. The van der Waals surface area contributed by atoms with Crippen LogP contribution in [0.4, 0.5) is 9.59 Å². The second-order valence-corrected chi connectivity index (χ2v) is 19.4. The fourth-order valence-electron chi connectivity index (χ4n) is 6.36. The van der Waals surface area contributed by atoms with E-state index in [0.717, 1.165) is 5.57 Å². The van der Waals surface area contributed by atoms with Crippen molar-refractivity contribution in [3.8, 4) is 0 Å². The first-order chi connectivity index (χ1) is 28.9. The summed E-state index contributed by atoms with van der Waals surface area (Å²) in [6, 6.07) is 15.5. The molecule has 1 spiro atoms. The summed E-state index contributed by atoms with van der Waals surface area (Å²) in [5.74, 6) is -1.65. The van der Waals surface area contributed by atoms with Crippen LogP contribution in [0, 0.1) is 10.1 Å². The maximum atomic E-state index is 12.9.